The fourth-order valence-corrected chi connectivity index (χ4v) is 1.81. The fraction of sp³-hybridized carbons (Fsp3) is 0.500. The summed E-state index contributed by atoms with van der Waals surface area (Å²) in [5, 5.41) is 0. The molecule has 6 heteroatoms. The van der Waals surface area contributed by atoms with Crippen LogP contribution in [0.15, 0.2) is 30.3 Å². The molecule has 1 amide bonds. The molecule has 0 aliphatic carbocycles. The summed E-state index contributed by atoms with van der Waals surface area (Å²) in [6.07, 6.45) is -4.37. The van der Waals surface area contributed by atoms with E-state index in [-0.39, 0.29) is 12.6 Å². The molecule has 0 N–H and O–H groups in total. The van der Waals surface area contributed by atoms with Crippen LogP contribution in [0.3, 0.4) is 0 Å². The van der Waals surface area contributed by atoms with Crippen molar-refractivity contribution in [1.82, 2.24) is 9.80 Å². The number of alkyl halides is 3. The Bertz CT molecular complexity index is 434. The summed E-state index contributed by atoms with van der Waals surface area (Å²) in [5.41, 5.74) is 1.02. The Kier molecular flexibility index (Phi) is 5.56. The predicted octanol–water partition coefficient (Wildman–Crippen LogP) is 2.70. The number of carbonyl (C=O) groups is 1. The molecule has 20 heavy (non-hydrogen) atoms. The molecular formula is C14H19F3N2O. The molecule has 1 atom stereocenters. The van der Waals surface area contributed by atoms with Gasteiger partial charge in [-0.2, -0.15) is 13.2 Å². The molecule has 112 valence electrons. The number of hydrogen-bond donors (Lipinski definition) is 0. The maximum Gasteiger partial charge on any atom is 0.406 e. The largest absolute Gasteiger partial charge is 0.406 e. The Balaban J connectivity index is 2.57. The minimum absolute atomic E-state index is 0.0422. The highest BCUT2D eigenvalue weighted by molar-refractivity contribution is 5.78. The van der Waals surface area contributed by atoms with E-state index < -0.39 is 18.6 Å². The molecule has 1 unspecified atom stereocenters. The van der Waals surface area contributed by atoms with Gasteiger partial charge in [-0.3, -0.25) is 9.69 Å². The van der Waals surface area contributed by atoms with E-state index in [9.17, 15) is 18.0 Å². The van der Waals surface area contributed by atoms with E-state index in [1.165, 1.54) is 0 Å². The Morgan fingerprint density at radius 2 is 1.75 bits per heavy atom. The third-order valence-electron chi connectivity index (χ3n) is 3.17. The first-order valence-corrected chi connectivity index (χ1v) is 6.26. The maximum absolute atomic E-state index is 12.2. The Hall–Kier alpha value is -1.56. The summed E-state index contributed by atoms with van der Waals surface area (Å²) in [6, 6.07) is 9.46. The van der Waals surface area contributed by atoms with Gasteiger partial charge >= 0.3 is 6.18 Å². The van der Waals surface area contributed by atoms with Gasteiger partial charge in [0.15, 0.2) is 0 Å². The molecule has 0 fully saturated rings. The van der Waals surface area contributed by atoms with Crippen molar-refractivity contribution in [2.75, 3.05) is 27.2 Å². The van der Waals surface area contributed by atoms with Crippen LogP contribution in [0.25, 0.3) is 0 Å². The van der Waals surface area contributed by atoms with Crippen LogP contribution >= 0.6 is 0 Å². The van der Waals surface area contributed by atoms with Crippen LogP contribution in [0.1, 0.15) is 18.5 Å². The maximum atomic E-state index is 12.2. The fourth-order valence-electron chi connectivity index (χ4n) is 1.81. The van der Waals surface area contributed by atoms with Gasteiger partial charge in [0, 0.05) is 13.1 Å². The number of amides is 1. The van der Waals surface area contributed by atoms with E-state index in [2.05, 4.69) is 0 Å². The number of hydrogen-bond acceptors (Lipinski definition) is 2. The van der Waals surface area contributed by atoms with Gasteiger partial charge in [0.05, 0.1) is 6.54 Å². The second kappa shape index (κ2) is 6.74. The van der Waals surface area contributed by atoms with E-state index in [0.717, 1.165) is 12.6 Å². The molecule has 1 aromatic carbocycles. The van der Waals surface area contributed by atoms with Gasteiger partial charge in [0.1, 0.15) is 6.54 Å². The lowest BCUT2D eigenvalue weighted by Crippen LogP contribution is -2.41. The predicted molar refractivity (Wildman–Crippen MR) is 71.2 cm³/mol. The van der Waals surface area contributed by atoms with Crippen LogP contribution < -0.4 is 0 Å². The van der Waals surface area contributed by atoms with Gasteiger partial charge < -0.3 is 4.90 Å². The van der Waals surface area contributed by atoms with Crippen molar-refractivity contribution < 1.29 is 18.0 Å². The zero-order valence-electron chi connectivity index (χ0n) is 11.8. The molecule has 0 saturated heterocycles. The van der Waals surface area contributed by atoms with Gasteiger partial charge in [-0.05, 0) is 19.5 Å². The quantitative estimate of drug-likeness (QED) is 0.831. The minimum Gasteiger partial charge on any atom is -0.336 e. The van der Waals surface area contributed by atoms with Crippen LogP contribution in [0, 0.1) is 0 Å². The minimum atomic E-state index is -4.37. The summed E-state index contributed by atoms with van der Waals surface area (Å²) in [7, 11) is 2.88. The Morgan fingerprint density at radius 1 is 1.20 bits per heavy atom. The van der Waals surface area contributed by atoms with Gasteiger partial charge in [-0.1, -0.05) is 30.3 Å². The van der Waals surface area contributed by atoms with Crippen LogP contribution in [-0.4, -0.2) is 49.1 Å². The highest BCUT2D eigenvalue weighted by Crippen LogP contribution is 2.19. The van der Waals surface area contributed by atoms with E-state index in [1.54, 1.807) is 11.9 Å². The summed E-state index contributed by atoms with van der Waals surface area (Å²) in [6.45, 7) is 0.633. The second-order valence-electron chi connectivity index (χ2n) is 4.87. The molecule has 3 nitrogen and oxygen atoms in total. The zero-order valence-corrected chi connectivity index (χ0v) is 11.8. The van der Waals surface area contributed by atoms with Crippen LogP contribution in [0.5, 0.6) is 0 Å². The summed E-state index contributed by atoms with van der Waals surface area (Å²) in [4.78, 5) is 14.2. The third kappa shape index (κ3) is 5.21. The van der Waals surface area contributed by atoms with E-state index in [4.69, 9.17) is 0 Å². The summed E-state index contributed by atoms with van der Waals surface area (Å²) < 4.78 is 36.7. The standard InChI is InChI=1S/C14H19F3N2O/c1-11(12-7-5-4-6-8-12)18(2)9-13(20)19(3)10-14(15,16)17/h4-8,11H,9-10H2,1-3H3. The monoisotopic (exact) mass is 288 g/mol. The number of benzene rings is 1. The Labute approximate surface area is 117 Å². The lowest BCUT2D eigenvalue weighted by Gasteiger charge is -2.27. The van der Waals surface area contributed by atoms with Crippen molar-refractivity contribution in [2.45, 2.75) is 19.1 Å². The lowest BCUT2D eigenvalue weighted by molar-refractivity contribution is -0.159. The first kappa shape index (κ1) is 16.5. The van der Waals surface area contributed by atoms with Crippen molar-refractivity contribution >= 4 is 5.91 Å². The number of rotatable bonds is 5. The molecule has 0 radical (unpaired) electrons. The van der Waals surface area contributed by atoms with E-state index in [0.29, 0.717) is 4.90 Å². The van der Waals surface area contributed by atoms with Crippen molar-refractivity contribution in [3.8, 4) is 0 Å². The molecule has 0 saturated carbocycles. The molecule has 0 spiro atoms. The molecular weight excluding hydrogens is 269 g/mol. The summed E-state index contributed by atoms with van der Waals surface area (Å²) in [5.74, 6) is -0.549. The first-order valence-electron chi connectivity index (χ1n) is 6.26. The molecule has 0 bridgehead atoms. The molecule has 0 aliphatic heterocycles. The second-order valence-corrected chi connectivity index (χ2v) is 4.87. The number of likely N-dealkylation sites (N-methyl/N-ethyl adjacent to an activating group) is 2. The van der Waals surface area contributed by atoms with Crippen LogP contribution in [-0.2, 0) is 4.79 Å². The summed E-state index contributed by atoms with van der Waals surface area (Å²) >= 11 is 0. The highest BCUT2D eigenvalue weighted by Gasteiger charge is 2.31. The average molecular weight is 288 g/mol. The average Bonchev–Trinajstić information content (AvgIpc) is 2.36. The van der Waals surface area contributed by atoms with E-state index >= 15 is 0 Å². The first-order chi connectivity index (χ1) is 9.20. The van der Waals surface area contributed by atoms with Gasteiger partial charge in [-0.25, -0.2) is 0 Å². The number of halogens is 3. The van der Waals surface area contributed by atoms with Gasteiger partial charge in [0.25, 0.3) is 0 Å². The van der Waals surface area contributed by atoms with Crippen LogP contribution in [0.2, 0.25) is 0 Å². The zero-order chi connectivity index (χ0) is 15.3. The molecule has 0 aliphatic rings. The topological polar surface area (TPSA) is 23.6 Å². The van der Waals surface area contributed by atoms with Gasteiger partial charge in [0.2, 0.25) is 5.91 Å². The van der Waals surface area contributed by atoms with Crippen molar-refractivity contribution in [3.63, 3.8) is 0 Å². The number of nitrogens with zero attached hydrogens (tertiary/aromatic N) is 2. The molecule has 0 heterocycles. The highest BCUT2D eigenvalue weighted by atomic mass is 19.4. The van der Waals surface area contributed by atoms with Crippen molar-refractivity contribution in [3.05, 3.63) is 35.9 Å². The number of carbonyl (C=O) groups excluding carboxylic acids is 1. The lowest BCUT2D eigenvalue weighted by atomic mass is 10.1. The molecule has 1 aromatic rings. The normalized spacial score (nSPS) is 13.3. The molecule has 1 rings (SSSR count). The smallest absolute Gasteiger partial charge is 0.336 e. The van der Waals surface area contributed by atoms with Crippen LogP contribution in [0.4, 0.5) is 13.2 Å². The van der Waals surface area contributed by atoms with Gasteiger partial charge in [-0.15, -0.1) is 0 Å². The Morgan fingerprint density at radius 3 is 2.25 bits per heavy atom. The molecule has 0 aromatic heterocycles. The van der Waals surface area contributed by atoms with Crippen molar-refractivity contribution in [1.29, 1.82) is 0 Å². The third-order valence-corrected chi connectivity index (χ3v) is 3.17. The van der Waals surface area contributed by atoms with E-state index in [1.807, 2.05) is 37.3 Å². The SMILES string of the molecule is CC(c1ccccc1)N(C)CC(=O)N(C)CC(F)(F)F. The van der Waals surface area contributed by atoms with Crippen molar-refractivity contribution in [2.24, 2.45) is 0 Å².